The Hall–Kier alpha value is -0.0800. The van der Waals surface area contributed by atoms with Crippen molar-refractivity contribution in [1.82, 2.24) is 10.2 Å². The van der Waals surface area contributed by atoms with Crippen molar-refractivity contribution in [3.63, 3.8) is 0 Å². The van der Waals surface area contributed by atoms with E-state index in [1.807, 2.05) is 0 Å². The molecule has 0 aliphatic heterocycles. The summed E-state index contributed by atoms with van der Waals surface area (Å²) in [6, 6.07) is 1.77. The van der Waals surface area contributed by atoms with Gasteiger partial charge >= 0.3 is 0 Å². The van der Waals surface area contributed by atoms with Gasteiger partial charge in [0.1, 0.15) is 0 Å². The second kappa shape index (κ2) is 6.75. The normalized spacial score (nSPS) is 30.5. The Kier molecular flexibility index (Phi) is 5.30. The van der Waals surface area contributed by atoms with Crippen LogP contribution < -0.4 is 5.32 Å². The molecule has 2 rings (SSSR count). The molecule has 0 aromatic heterocycles. The molecule has 17 heavy (non-hydrogen) atoms. The predicted molar refractivity (Wildman–Crippen MR) is 74.3 cm³/mol. The number of nitrogens with zero attached hydrogens (tertiary/aromatic N) is 1. The van der Waals surface area contributed by atoms with Gasteiger partial charge in [0.05, 0.1) is 0 Å². The van der Waals surface area contributed by atoms with Crippen molar-refractivity contribution in [3.8, 4) is 0 Å². The molecule has 2 saturated carbocycles. The zero-order chi connectivity index (χ0) is 12.1. The Morgan fingerprint density at radius 2 is 1.82 bits per heavy atom. The maximum Gasteiger partial charge on any atom is 0.0136 e. The maximum absolute atomic E-state index is 3.60. The van der Waals surface area contributed by atoms with E-state index in [2.05, 4.69) is 24.2 Å². The Morgan fingerprint density at radius 3 is 2.41 bits per heavy atom. The predicted octanol–water partition coefficient (Wildman–Crippen LogP) is 3.03. The Labute approximate surface area is 107 Å². The molecule has 2 atom stereocenters. The standard InChI is InChI=1S/C15H30N2/c1-3-11-16-12-13-9-10-15(13)17(2)14-7-5-4-6-8-14/h13-16H,3-12H2,1-2H3. The highest BCUT2D eigenvalue weighted by molar-refractivity contribution is 4.91. The van der Waals surface area contributed by atoms with Crippen molar-refractivity contribution in [2.24, 2.45) is 5.92 Å². The summed E-state index contributed by atoms with van der Waals surface area (Å²) in [6.45, 7) is 4.69. The van der Waals surface area contributed by atoms with Crippen LogP contribution in [0.4, 0.5) is 0 Å². The quantitative estimate of drug-likeness (QED) is 0.716. The molecule has 1 N–H and O–H groups in total. The number of nitrogens with one attached hydrogen (secondary N) is 1. The molecular weight excluding hydrogens is 208 g/mol. The fourth-order valence-electron chi connectivity index (χ4n) is 3.55. The highest BCUT2D eigenvalue weighted by Crippen LogP contribution is 2.34. The molecule has 0 aromatic carbocycles. The van der Waals surface area contributed by atoms with Crippen molar-refractivity contribution in [2.75, 3.05) is 20.1 Å². The molecule has 2 aliphatic carbocycles. The van der Waals surface area contributed by atoms with Gasteiger partial charge in [-0.25, -0.2) is 0 Å². The van der Waals surface area contributed by atoms with Crippen LogP contribution in [0.5, 0.6) is 0 Å². The van der Waals surface area contributed by atoms with Crippen molar-refractivity contribution in [3.05, 3.63) is 0 Å². The van der Waals surface area contributed by atoms with Crippen LogP contribution in [0.2, 0.25) is 0 Å². The molecule has 0 radical (unpaired) electrons. The smallest absolute Gasteiger partial charge is 0.0136 e. The average molecular weight is 238 g/mol. The van der Waals surface area contributed by atoms with Gasteiger partial charge in [0.2, 0.25) is 0 Å². The van der Waals surface area contributed by atoms with E-state index in [0.29, 0.717) is 0 Å². The van der Waals surface area contributed by atoms with Crippen molar-refractivity contribution in [1.29, 1.82) is 0 Å². The summed E-state index contributed by atoms with van der Waals surface area (Å²) in [5.41, 5.74) is 0. The highest BCUT2D eigenvalue weighted by atomic mass is 15.2. The first-order valence-electron chi connectivity index (χ1n) is 7.75. The zero-order valence-electron chi connectivity index (χ0n) is 11.8. The Balaban J connectivity index is 1.72. The van der Waals surface area contributed by atoms with Crippen molar-refractivity contribution >= 4 is 0 Å². The summed E-state index contributed by atoms with van der Waals surface area (Å²) >= 11 is 0. The number of rotatable bonds is 6. The lowest BCUT2D eigenvalue weighted by Gasteiger charge is -2.47. The molecule has 2 aliphatic rings. The minimum atomic E-state index is 0.877. The largest absolute Gasteiger partial charge is 0.316 e. The third-order valence-corrected chi connectivity index (χ3v) is 4.88. The lowest BCUT2D eigenvalue weighted by molar-refractivity contribution is 0.0363. The van der Waals surface area contributed by atoms with Crippen LogP contribution >= 0.6 is 0 Å². The van der Waals surface area contributed by atoms with E-state index in [-0.39, 0.29) is 0 Å². The van der Waals surface area contributed by atoms with E-state index in [4.69, 9.17) is 0 Å². The Morgan fingerprint density at radius 1 is 1.06 bits per heavy atom. The second-order valence-electron chi connectivity index (χ2n) is 6.07. The van der Waals surface area contributed by atoms with Crippen LogP contribution in [0.3, 0.4) is 0 Å². The molecule has 0 amide bonds. The topological polar surface area (TPSA) is 15.3 Å². The molecule has 2 heteroatoms. The van der Waals surface area contributed by atoms with Crippen LogP contribution in [0.1, 0.15) is 58.3 Å². The van der Waals surface area contributed by atoms with Gasteiger partial charge in [-0.05, 0) is 58.2 Å². The fourth-order valence-corrected chi connectivity index (χ4v) is 3.55. The molecule has 0 bridgehead atoms. The first-order valence-corrected chi connectivity index (χ1v) is 7.75. The molecule has 0 spiro atoms. The lowest BCUT2D eigenvalue weighted by Crippen LogP contribution is -2.52. The first-order chi connectivity index (χ1) is 8.33. The van der Waals surface area contributed by atoms with Crippen molar-refractivity contribution < 1.29 is 0 Å². The summed E-state index contributed by atoms with van der Waals surface area (Å²) in [5.74, 6) is 0.925. The zero-order valence-corrected chi connectivity index (χ0v) is 11.8. The fraction of sp³-hybridized carbons (Fsp3) is 1.00. The third kappa shape index (κ3) is 3.45. The lowest BCUT2D eigenvalue weighted by atomic mass is 9.77. The highest BCUT2D eigenvalue weighted by Gasteiger charge is 2.36. The van der Waals surface area contributed by atoms with Crippen LogP contribution in [-0.2, 0) is 0 Å². The summed E-state index contributed by atoms with van der Waals surface area (Å²) < 4.78 is 0. The van der Waals surface area contributed by atoms with Gasteiger partial charge < -0.3 is 10.2 Å². The molecule has 0 saturated heterocycles. The molecule has 0 heterocycles. The van der Waals surface area contributed by atoms with E-state index >= 15 is 0 Å². The van der Waals surface area contributed by atoms with Crippen LogP contribution in [0, 0.1) is 5.92 Å². The summed E-state index contributed by atoms with van der Waals surface area (Å²) in [4.78, 5) is 2.72. The first kappa shape index (κ1) is 13.4. The van der Waals surface area contributed by atoms with Gasteiger partial charge in [-0.1, -0.05) is 26.2 Å². The van der Waals surface area contributed by atoms with Gasteiger partial charge in [-0.3, -0.25) is 0 Å². The van der Waals surface area contributed by atoms with Gasteiger partial charge in [0, 0.05) is 12.1 Å². The van der Waals surface area contributed by atoms with Gasteiger partial charge in [-0.2, -0.15) is 0 Å². The molecule has 0 aromatic rings. The monoisotopic (exact) mass is 238 g/mol. The third-order valence-electron chi connectivity index (χ3n) is 4.88. The van der Waals surface area contributed by atoms with Crippen LogP contribution in [0.25, 0.3) is 0 Å². The molecule has 2 fully saturated rings. The van der Waals surface area contributed by atoms with Gasteiger partial charge in [0.15, 0.2) is 0 Å². The molecule has 2 unspecified atom stereocenters. The minimum Gasteiger partial charge on any atom is -0.316 e. The molecule has 2 nitrogen and oxygen atoms in total. The van der Waals surface area contributed by atoms with Gasteiger partial charge in [0.25, 0.3) is 0 Å². The maximum atomic E-state index is 3.60. The van der Waals surface area contributed by atoms with E-state index in [1.165, 1.54) is 64.5 Å². The number of hydrogen-bond acceptors (Lipinski definition) is 2. The average Bonchev–Trinajstić information content (AvgIpc) is 2.34. The van der Waals surface area contributed by atoms with E-state index in [0.717, 1.165) is 18.0 Å². The summed E-state index contributed by atoms with van der Waals surface area (Å²) in [5, 5.41) is 3.60. The molecular formula is C15H30N2. The van der Waals surface area contributed by atoms with E-state index in [1.54, 1.807) is 0 Å². The molecule has 100 valence electrons. The van der Waals surface area contributed by atoms with Crippen molar-refractivity contribution in [2.45, 2.75) is 70.4 Å². The SMILES string of the molecule is CCCNCC1CCC1N(C)C1CCCCC1. The van der Waals surface area contributed by atoms with E-state index < -0.39 is 0 Å². The minimum absolute atomic E-state index is 0.877. The second-order valence-corrected chi connectivity index (χ2v) is 6.07. The van der Waals surface area contributed by atoms with Crippen LogP contribution in [0.15, 0.2) is 0 Å². The summed E-state index contributed by atoms with van der Waals surface area (Å²) in [7, 11) is 2.38. The number of hydrogen-bond donors (Lipinski definition) is 1. The van der Waals surface area contributed by atoms with Crippen LogP contribution in [-0.4, -0.2) is 37.1 Å². The van der Waals surface area contributed by atoms with E-state index in [9.17, 15) is 0 Å². The van der Waals surface area contributed by atoms with Gasteiger partial charge in [-0.15, -0.1) is 0 Å². The Bertz CT molecular complexity index is 211. The summed E-state index contributed by atoms with van der Waals surface area (Å²) in [6.07, 6.45) is 11.4.